The second kappa shape index (κ2) is 6.44. The molecule has 1 aliphatic rings. The molecule has 3 heterocycles. The van der Waals surface area contributed by atoms with Crippen LogP contribution in [0.25, 0.3) is 0 Å². The molecule has 0 radical (unpaired) electrons. The summed E-state index contributed by atoms with van der Waals surface area (Å²) in [6.07, 6.45) is 0. The highest BCUT2D eigenvalue weighted by molar-refractivity contribution is 7.10. The zero-order valence-corrected chi connectivity index (χ0v) is 14.1. The van der Waals surface area contributed by atoms with E-state index >= 15 is 0 Å². The van der Waals surface area contributed by atoms with E-state index in [1.54, 1.807) is 11.3 Å². The number of hydrogen-bond acceptors (Lipinski definition) is 6. The molecular weight excluding hydrogens is 308 g/mol. The molecule has 116 valence electrons. The number of rotatable bonds is 3. The SMILES string of the molecule is CN1CCNCC1c1noc(C(C)(C)c2cccs2)n1.Cl. The van der Waals surface area contributed by atoms with Gasteiger partial charge in [0.2, 0.25) is 5.89 Å². The predicted octanol–water partition coefficient (Wildman–Crippen LogP) is 2.45. The van der Waals surface area contributed by atoms with Crippen LogP contribution < -0.4 is 5.32 Å². The van der Waals surface area contributed by atoms with Crippen LogP contribution in [0.15, 0.2) is 22.0 Å². The van der Waals surface area contributed by atoms with Gasteiger partial charge in [0.15, 0.2) is 5.82 Å². The van der Waals surface area contributed by atoms with Crippen molar-refractivity contribution in [2.75, 3.05) is 26.7 Å². The average Bonchev–Trinajstić information content (AvgIpc) is 3.11. The summed E-state index contributed by atoms with van der Waals surface area (Å²) in [6, 6.07) is 4.36. The van der Waals surface area contributed by atoms with Crippen molar-refractivity contribution in [2.45, 2.75) is 25.3 Å². The van der Waals surface area contributed by atoms with Gasteiger partial charge in [0.25, 0.3) is 0 Å². The maximum absolute atomic E-state index is 5.55. The van der Waals surface area contributed by atoms with Crippen LogP contribution in [-0.4, -0.2) is 41.7 Å². The third kappa shape index (κ3) is 3.13. The topological polar surface area (TPSA) is 54.2 Å². The highest BCUT2D eigenvalue weighted by Gasteiger charge is 2.33. The first-order valence-corrected chi connectivity index (χ1v) is 7.76. The van der Waals surface area contributed by atoms with Gasteiger partial charge < -0.3 is 9.84 Å². The third-order valence-corrected chi connectivity index (χ3v) is 5.12. The Kier molecular flexibility index (Phi) is 5.03. The van der Waals surface area contributed by atoms with E-state index in [2.05, 4.69) is 58.8 Å². The summed E-state index contributed by atoms with van der Waals surface area (Å²) in [5, 5.41) is 9.66. The zero-order valence-electron chi connectivity index (χ0n) is 12.5. The lowest BCUT2D eigenvalue weighted by molar-refractivity contribution is 0.190. The average molecular weight is 329 g/mol. The second-order valence-electron chi connectivity index (χ2n) is 5.76. The van der Waals surface area contributed by atoms with Gasteiger partial charge in [0.1, 0.15) is 0 Å². The monoisotopic (exact) mass is 328 g/mol. The Hall–Kier alpha value is -0.950. The van der Waals surface area contributed by atoms with Crippen molar-refractivity contribution >= 4 is 23.7 Å². The molecule has 0 saturated carbocycles. The molecule has 1 N–H and O–H groups in total. The van der Waals surface area contributed by atoms with Crippen LogP contribution in [0.2, 0.25) is 0 Å². The molecule has 1 aliphatic heterocycles. The third-order valence-electron chi connectivity index (χ3n) is 3.92. The smallest absolute Gasteiger partial charge is 0.237 e. The predicted molar refractivity (Wildman–Crippen MR) is 86.2 cm³/mol. The number of piperazine rings is 1. The van der Waals surface area contributed by atoms with Gasteiger partial charge in [-0.1, -0.05) is 11.2 Å². The minimum Gasteiger partial charge on any atom is -0.338 e. The minimum atomic E-state index is -0.236. The fraction of sp³-hybridized carbons (Fsp3) is 0.571. The zero-order chi connectivity index (χ0) is 14.2. The normalized spacial score (nSPS) is 20.2. The van der Waals surface area contributed by atoms with Crippen molar-refractivity contribution < 1.29 is 4.52 Å². The number of nitrogens with one attached hydrogen (secondary N) is 1. The first-order valence-electron chi connectivity index (χ1n) is 6.88. The largest absolute Gasteiger partial charge is 0.338 e. The van der Waals surface area contributed by atoms with Gasteiger partial charge in [0, 0.05) is 24.5 Å². The Morgan fingerprint density at radius 3 is 2.95 bits per heavy atom. The van der Waals surface area contributed by atoms with E-state index in [0.717, 1.165) is 25.5 Å². The summed E-state index contributed by atoms with van der Waals surface area (Å²) in [7, 11) is 2.10. The van der Waals surface area contributed by atoms with Crippen molar-refractivity contribution in [1.82, 2.24) is 20.4 Å². The van der Waals surface area contributed by atoms with Gasteiger partial charge >= 0.3 is 0 Å². The summed E-state index contributed by atoms with van der Waals surface area (Å²) in [5.41, 5.74) is -0.236. The number of hydrogen-bond donors (Lipinski definition) is 1. The molecule has 3 rings (SSSR count). The number of halogens is 1. The summed E-state index contributed by atoms with van der Waals surface area (Å²) in [5.74, 6) is 1.47. The van der Waals surface area contributed by atoms with Crippen molar-refractivity contribution in [1.29, 1.82) is 0 Å². The van der Waals surface area contributed by atoms with Gasteiger partial charge in [0.05, 0.1) is 11.5 Å². The van der Waals surface area contributed by atoms with Gasteiger partial charge in [-0.3, -0.25) is 4.90 Å². The van der Waals surface area contributed by atoms with E-state index in [0.29, 0.717) is 5.89 Å². The van der Waals surface area contributed by atoms with Crippen LogP contribution in [0.3, 0.4) is 0 Å². The highest BCUT2D eigenvalue weighted by Crippen LogP contribution is 2.34. The molecule has 2 aromatic rings. The van der Waals surface area contributed by atoms with Gasteiger partial charge in [-0.25, -0.2) is 0 Å². The molecule has 2 aromatic heterocycles. The van der Waals surface area contributed by atoms with Gasteiger partial charge in [-0.05, 0) is 32.3 Å². The van der Waals surface area contributed by atoms with E-state index in [1.807, 2.05) is 0 Å². The van der Waals surface area contributed by atoms with Crippen LogP contribution in [0.5, 0.6) is 0 Å². The molecule has 5 nitrogen and oxygen atoms in total. The minimum absolute atomic E-state index is 0. The molecule has 0 amide bonds. The maximum Gasteiger partial charge on any atom is 0.237 e. The van der Waals surface area contributed by atoms with Gasteiger partial charge in [-0.2, -0.15) is 4.98 Å². The number of likely N-dealkylation sites (N-methyl/N-ethyl adjacent to an activating group) is 1. The molecule has 1 atom stereocenters. The lowest BCUT2D eigenvalue weighted by atomic mass is 9.91. The molecule has 1 unspecified atom stereocenters. The number of thiophene rings is 1. The van der Waals surface area contributed by atoms with Crippen LogP contribution >= 0.6 is 23.7 Å². The van der Waals surface area contributed by atoms with Crippen molar-refractivity contribution in [3.8, 4) is 0 Å². The standard InChI is InChI=1S/C14H20N4OS.ClH/c1-14(2,11-5-4-8-20-11)13-16-12(17-19-13)10-9-15-6-7-18(10)3;/h4-5,8,10,15H,6-7,9H2,1-3H3;1H. The molecule has 21 heavy (non-hydrogen) atoms. The molecular formula is C14H21ClN4OS. The highest BCUT2D eigenvalue weighted by atomic mass is 35.5. The van der Waals surface area contributed by atoms with Gasteiger partial charge in [-0.15, -0.1) is 23.7 Å². The Balaban J connectivity index is 0.00000161. The summed E-state index contributed by atoms with van der Waals surface area (Å²) in [4.78, 5) is 8.17. The van der Waals surface area contributed by atoms with E-state index in [4.69, 9.17) is 4.52 Å². The Morgan fingerprint density at radius 2 is 2.29 bits per heavy atom. The van der Waals surface area contributed by atoms with Crippen molar-refractivity contribution in [3.63, 3.8) is 0 Å². The lowest BCUT2D eigenvalue weighted by Crippen LogP contribution is -2.44. The van der Waals surface area contributed by atoms with E-state index in [1.165, 1.54) is 4.88 Å². The Labute approximate surface area is 135 Å². The summed E-state index contributed by atoms with van der Waals surface area (Å²) in [6.45, 7) is 7.13. The molecule has 0 spiro atoms. The Morgan fingerprint density at radius 1 is 1.48 bits per heavy atom. The first kappa shape index (κ1) is 16.4. The second-order valence-corrected chi connectivity index (χ2v) is 6.71. The van der Waals surface area contributed by atoms with Crippen LogP contribution in [0, 0.1) is 0 Å². The van der Waals surface area contributed by atoms with Crippen molar-refractivity contribution in [2.24, 2.45) is 0 Å². The number of aromatic nitrogens is 2. The van der Waals surface area contributed by atoms with Crippen LogP contribution in [0.4, 0.5) is 0 Å². The Bertz CT molecular complexity index is 569. The van der Waals surface area contributed by atoms with E-state index < -0.39 is 0 Å². The van der Waals surface area contributed by atoms with E-state index in [9.17, 15) is 0 Å². The van der Waals surface area contributed by atoms with Crippen LogP contribution in [0.1, 0.15) is 36.5 Å². The van der Waals surface area contributed by atoms with E-state index in [-0.39, 0.29) is 23.9 Å². The number of nitrogens with zero attached hydrogens (tertiary/aromatic N) is 3. The van der Waals surface area contributed by atoms with Crippen molar-refractivity contribution in [3.05, 3.63) is 34.1 Å². The maximum atomic E-state index is 5.55. The summed E-state index contributed by atoms with van der Waals surface area (Å²) >= 11 is 1.72. The lowest BCUT2D eigenvalue weighted by Gasteiger charge is -2.30. The molecule has 0 aliphatic carbocycles. The fourth-order valence-electron chi connectivity index (χ4n) is 2.46. The quantitative estimate of drug-likeness (QED) is 0.938. The fourth-order valence-corrected chi connectivity index (χ4v) is 3.30. The van der Waals surface area contributed by atoms with Crippen LogP contribution in [-0.2, 0) is 5.41 Å². The molecule has 7 heteroatoms. The summed E-state index contributed by atoms with van der Waals surface area (Å²) < 4.78 is 5.55. The molecule has 0 aromatic carbocycles. The molecule has 1 fully saturated rings. The molecule has 1 saturated heterocycles. The molecule has 0 bridgehead atoms. The first-order chi connectivity index (χ1) is 9.59.